The number of fused-ring (bicyclic) bond motifs is 3. The number of H-pyrrole nitrogens is 1. The number of hydrogen-bond acceptors (Lipinski definition) is 2. The van der Waals surface area contributed by atoms with Crippen LogP contribution in [0.1, 0.15) is 43.4 Å². The molecule has 2 bridgehead atoms. The summed E-state index contributed by atoms with van der Waals surface area (Å²) in [4.78, 5) is 5.85. The lowest BCUT2D eigenvalue weighted by molar-refractivity contribution is 0.0434. The molecule has 3 aromatic rings. The molecule has 2 aliphatic heterocycles. The molecule has 176 valence electrons. The normalized spacial score (nSPS) is 22.9. The summed E-state index contributed by atoms with van der Waals surface area (Å²) in [6.45, 7) is 2.98. The number of benzene rings is 2. The highest BCUT2D eigenvalue weighted by atomic mass is 19.2. The van der Waals surface area contributed by atoms with Crippen molar-refractivity contribution >= 4 is 10.9 Å². The van der Waals surface area contributed by atoms with Crippen molar-refractivity contribution in [2.45, 2.75) is 63.6 Å². The Hall–Kier alpha value is -2.61. The Morgan fingerprint density at radius 2 is 1.52 bits per heavy atom. The van der Waals surface area contributed by atoms with Crippen molar-refractivity contribution in [1.82, 2.24) is 9.88 Å². The van der Waals surface area contributed by atoms with Gasteiger partial charge in [0.25, 0.3) is 0 Å². The Balaban J connectivity index is 1.23. The number of halogens is 5. The van der Waals surface area contributed by atoms with E-state index < -0.39 is 40.9 Å². The van der Waals surface area contributed by atoms with Gasteiger partial charge in [-0.1, -0.05) is 18.2 Å². The van der Waals surface area contributed by atoms with E-state index in [0.29, 0.717) is 12.8 Å². The molecular formula is C25H25F5N2O. The summed E-state index contributed by atoms with van der Waals surface area (Å²) in [5, 5.41) is 1.24. The van der Waals surface area contributed by atoms with Gasteiger partial charge in [0, 0.05) is 28.7 Å². The minimum atomic E-state index is -2.17. The second-order valence-corrected chi connectivity index (χ2v) is 9.11. The molecule has 8 heteroatoms. The van der Waals surface area contributed by atoms with Crippen molar-refractivity contribution in [3.63, 3.8) is 0 Å². The van der Waals surface area contributed by atoms with E-state index in [0.717, 1.165) is 37.7 Å². The smallest absolute Gasteiger partial charge is 0.207 e. The number of nitrogens with zero attached hydrogens (tertiary/aromatic N) is 1. The van der Waals surface area contributed by atoms with E-state index >= 15 is 0 Å². The summed E-state index contributed by atoms with van der Waals surface area (Å²) in [5.74, 6) is -11.1. The van der Waals surface area contributed by atoms with Gasteiger partial charge in [-0.05, 0) is 63.6 Å². The van der Waals surface area contributed by atoms with Crippen LogP contribution < -0.4 is 4.74 Å². The zero-order valence-corrected chi connectivity index (χ0v) is 18.2. The number of ether oxygens (including phenoxy) is 1. The van der Waals surface area contributed by atoms with Crippen LogP contribution in [0.15, 0.2) is 24.3 Å². The van der Waals surface area contributed by atoms with Crippen molar-refractivity contribution in [1.29, 1.82) is 0 Å². The van der Waals surface area contributed by atoms with Crippen LogP contribution in [0.3, 0.4) is 0 Å². The molecule has 0 radical (unpaired) electrons. The van der Waals surface area contributed by atoms with Gasteiger partial charge in [-0.25, -0.2) is 13.2 Å². The average molecular weight is 464 g/mol. The van der Waals surface area contributed by atoms with Crippen molar-refractivity contribution in [3.05, 3.63) is 64.6 Å². The van der Waals surface area contributed by atoms with Gasteiger partial charge >= 0.3 is 0 Å². The average Bonchev–Trinajstić information content (AvgIpc) is 3.25. The number of piperidine rings is 1. The van der Waals surface area contributed by atoms with Gasteiger partial charge in [0.1, 0.15) is 6.10 Å². The molecule has 0 saturated carbocycles. The van der Waals surface area contributed by atoms with Crippen LogP contribution in [-0.2, 0) is 6.42 Å². The molecule has 0 aliphatic carbocycles. The van der Waals surface area contributed by atoms with Crippen molar-refractivity contribution < 1.29 is 26.7 Å². The third kappa shape index (κ3) is 3.88. The predicted molar refractivity (Wildman–Crippen MR) is 115 cm³/mol. The van der Waals surface area contributed by atoms with E-state index in [2.05, 4.69) is 28.9 Å². The third-order valence-corrected chi connectivity index (χ3v) is 7.17. The minimum Gasteiger partial charge on any atom is -0.484 e. The topological polar surface area (TPSA) is 28.3 Å². The maximum absolute atomic E-state index is 14.0. The number of aromatic nitrogens is 1. The summed E-state index contributed by atoms with van der Waals surface area (Å²) >= 11 is 0. The highest BCUT2D eigenvalue weighted by molar-refractivity contribution is 5.84. The molecule has 2 aromatic carbocycles. The van der Waals surface area contributed by atoms with Crippen LogP contribution in [0.25, 0.3) is 10.9 Å². The molecule has 0 amide bonds. The van der Waals surface area contributed by atoms with E-state index in [9.17, 15) is 22.0 Å². The Kier molecular flexibility index (Phi) is 5.80. The fourth-order valence-corrected chi connectivity index (χ4v) is 5.64. The van der Waals surface area contributed by atoms with Crippen LogP contribution >= 0.6 is 0 Å². The SMILES string of the molecule is Cc1[nH]c2ccccc2c1CCCN1[C@@H]2CC[C@H]1C[C@@H](Oc1c(F)c(F)c(F)c(F)c1F)C2. The quantitative estimate of drug-likeness (QED) is 0.268. The molecule has 1 N–H and O–H groups in total. The summed E-state index contributed by atoms with van der Waals surface area (Å²) in [6, 6.07) is 8.60. The Morgan fingerprint density at radius 3 is 2.18 bits per heavy atom. The summed E-state index contributed by atoms with van der Waals surface area (Å²) in [7, 11) is 0. The molecule has 3 heterocycles. The first kappa shape index (κ1) is 22.2. The van der Waals surface area contributed by atoms with E-state index in [-0.39, 0.29) is 12.1 Å². The highest BCUT2D eigenvalue weighted by Gasteiger charge is 2.42. The largest absolute Gasteiger partial charge is 0.484 e. The van der Waals surface area contributed by atoms with Crippen molar-refractivity contribution in [2.24, 2.45) is 0 Å². The van der Waals surface area contributed by atoms with Gasteiger partial charge in [0.05, 0.1) is 0 Å². The van der Waals surface area contributed by atoms with Gasteiger partial charge in [0.2, 0.25) is 29.1 Å². The van der Waals surface area contributed by atoms with Gasteiger partial charge in [-0.3, -0.25) is 4.90 Å². The predicted octanol–water partition coefficient (Wildman–Crippen LogP) is 6.18. The molecule has 2 saturated heterocycles. The lowest BCUT2D eigenvalue weighted by atomic mass is 9.98. The van der Waals surface area contributed by atoms with Crippen molar-refractivity contribution in [3.8, 4) is 5.75 Å². The van der Waals surface area contributed by atoms with Crippen LogP contribution in [-0.4, -0.2) is 34.6 Å². The first-order valence-electron chi connectivity index (χ1n) is 11.3. The Bertz CT molecular complexity index is 1150. The first-order valence-corrected chi connectivity index (χ1v) is 11.3. The van der Waals surface area contributed by atoms with Gasteiger partial charge in [0.15, 0.2) is 5.75 Å². The van der Waals surface area contributed by atoms with Crippen LogP contribution in [0.5, 0.6) is 5.75 Å². The summed E-state index contributed by atoms with van der Waals surface area (Å²) in [6.07, 6.45) is 4.21. The second kappa shape index (κ2) is 8.63. The van der Waals surface area contributed by atoms with Crippen molar-refractivity contribution in [2.75, 3.05) is 6.54 Å². The number of nitrogens with one attached hydrogen (secondary N) is 1. The highest BCUT2D eigenvalue weighted by Crippen LogP contribution is 2.39. The molecule has 1 aromatic heterocycles. The second-order valence-electron chi connectivity index (χ2n) is 9.11. The molecule has 0 unspecified atom stereocenters. The monoisotopic (exact) mass is 464 g/mol. The van der Waals surface area contributed by atoms with Crippen LogP contribution in [0.2, 0.25) is 0 Å². The number of aryl methyl sites for hydroxylation is 2. The first-order chi connectivity index (χ1) is 15.8. The fraction of sp³-hybridized carbons (Fsp3) is 0.440. The zero-order chi connectivity index (χ0) is 23.3. The lowest BCUT2D eigenvalue weighted by Crippen LogP contribution is -2.46. The van der Waals surface area contributed by atoms with E-state index in [1.54, 1.807) is 0 Å². The van der Waals surface area contributed by atoms with Gasteiger partial charge in [-0.15, -0.1) is 0 Å². The van der Waals surface area contributed by atoms with E-state index in [4.69, 9.17) is 4.74 Å². The molecule has 2 aliphatic rings. The third-order valence-electron chi connectivity index (χ3n) is 7.17. The molecule has 33 heavy (non-hydrogen) atoms. The number of aromatic amines is 1. The fourth-order valence-electron chi connectivity index (χ4n) is 5.64. The maximum atomic E-state index is 14.0. The summed E-state index contributed by atoms with van der Waals surface area (Å²) < 4.78 is 73.8. The molecule has 2 fully saturated rings. The standard InChI is InChI=1S/C25H25F5N2O/c1-13-17(18-5-2-3-7-19(18)31-13)6-4-10-32-14-8-9-15(32)12-16(11-14)33-25-23(29)21(27)20(26)22(28)24(25)30/h2-3,5,7,14-16,31H,4,6,8-12H2,1H3/t14-,15+,16+. The molecule has 0 spiro atoms. The number of rotatable bonds is 6. The van der Waals surface area contributed by atoms with Gasteiger partial charge in [-0.2, -0.15) is 8.78 Å². The van der Waals surface area contributed by atoms with Crippen LogP contribution in [0.4, 0.5) is 22.0 Å². The molecule has 3 nitrogen and oxygen atoms in total. The minimum absolute atomic E-state index is 0.180. The van der Waals surface area contributed by atoms with E-state index in [1.807, 2.05) is 12.1 Å². The van der Waals surface area contributed by atoms with Crippen LogP contribution in [0, 0.1) is 36.0 Å². The lowest BCUT2D eigenvalue weighted by Gasteiger charge is -2.39. The number of hydrogen-bond donors (Lipinski definition) is 1. The molecule has 5 rings (SSSR count). The maximum Gasteiger partial charge on any atom is 0.207 e. The summed E-state index contributed by atoms with van der Waals surface area (Å²) in [5.41, 5.74) is 3.63. The molecular weight excluding hydrogens is 439 g/mol. The number of para-hydroxylation sites is 1. The van der Waals surface area contributed by atoms with Gasteiger partial charge < -0.3 is 9.72 Å². The zero-order valence-electron chi connectivity index (χ0n) is 18.2. The Labute approximate surface area is 188 Å². The molecule has 3 atom stereocenters. The Morgan fingerprint density at radius 1 is 0.909 bits per heavy atom. The van der Waals surface area contributed by atoms with E-state index in [1.165, 1.54) is 16.6 Å².